The third-order valence-electron chi connectivity index (χ3n) is 2.20. The zero-order valence-corrected chi connectivity index (χ0v) is 9.82. The van der Waals surface area contributed by atoms with Gasteiger partial charge in [0, 0.05) is 10.5 Å². The highest BCUT2D eigenvalue weighted by Crippen LogP contribution is 2.29. The van der Waals surface area contributed by atoms with E-state index in [-0.39, 0.29) is 0 Å². The van der Waals surface area contributed by atoms with Gasteiger partial charge in [-0.2, -0.15) is 11.8 Å². The summed E-state index contributed by atoms with van der Waals surface area (Å²) in [5, 5.41) is 12.1. The predicted octanol–water partition coefficient (Wildman–Crippen LogP) is 3.46. The minimum Gasteiger partial charge on any atom is -0.478 e. The van der Waals surface area contributed by atoms with Gasteiger partial charge in [0.15, 0.2) is 0 Å². The molecule has 1 heterocycles. The maximum Gasteiger partial charge on any atom is 0.335 e. The first kappa shape index (κ1) is 10.5. The molecule has 0 saturated heterocycles. The quantitative estimate of drug-likeness (QED) is 0.889. The normalized spacial score (nSPS) is 10.7. The molecule has 15 heavy (non-hydrogen) atoms. The van der Waals surface area contributed by atoms with Crippen molar-refractivity contribution in [3.8, 4) is 0 Å². The molecule has 0 saturated carbocycles. The molecular formula is C11H10O2S2. The van der Waals surface area contributed by atoms with Crippen LogP contribution in [0.4, 0.5) is 0 Å². The highest BCUT2D eigenvalue weighted by atomic mass is 32.2. The van der Waals surface area contributed by atoms with E-state index in [9.17, 15) is 4.79 Å². The van der Waals surface area contributed by atoms with Crippen molar-refractivity contribution in [3.05, 3.63) is 34.7 Å². The van der Waals surface area contributed by atoms with E-state index >= 15 is 0 Å². The number of thioether (sulfide) groups is 1. The Morgan fingerprint density at radius 3 is 3.00 bits per heavy atom. The van der Waals surface area contributed by atoms with Crippen LogP contribution in [0.5, 0.6) is 0 Å². The lowest BCUT2D eigenvalue weighted by Gasteiger charge is -1.98. The van der Waals surface area contributed by atoms with Crippen molar-refractivity contribution >= 4 is 39.2 Å². The molecule has 4 heteroatoms. The van der Waals surface area contributed by atoms with E-state index in [0.717, 1.165) is 15.8 Å². The maximum absolute atomic E-state index is 10.8. The largest absolute Gasteiger partial charge is 0.478 e. The number of fused-ring (bicyclic) bond motifs is 1. The highest BCUT2D eigenvalue weighted by molar-refractivity contribution is 7.97. The Hall–Kier alpha value is -1.00. The lowest BCUT2D eigenvalue weighted by atomic mass is 10.1. The van der Waals surface area contributed by atoms with Gasteiger partial charge in [-0.1, -0.05) is 0 Å². The van der Waals surface area contributed by atoms with Crippen molar-refractivity contribution in [2.75, 3.05) is 6.26 Å². The number of benzene rings is 1. The first-order valence-electron chi connectivity index (χ1n) is 4.44. The number of carbonyl (C=O) groups is 1. The minimum atomic E-state index is -0.863. The number of rotatable bonds is 3. The van der Waals surface area contributed by atoms with Crippen molar-refractivity contribution in [2.45, 2.75) is 5.75 Å². The molecule has 2 aromatic rings. The molecule has 2 nitrogen and oxygen atoms in total. The zero-order chi connectivity index (χ0) is 10.8. The summed E-state index contributed by atoms with van der Waals surface area (Å²) in [5.74, 6) is 0.0708. The Kier molecular flexibility index (Phi) is 2.98. The van der Waals surface area contributed by atoms with Gasteiger partial charge >= 0.3 is 5.97 Å². The summed E-state index contributed by atoms with van der Waals surface area (Å²) in [5.41, 5.74) is 1.59. The van der Waals surface area contributed by atoms with Gasteiger partial charge in [0.05, 0.1) is 5.56 Å². The molecule has 1 N–H and O–H groups in total. The van der Waals surface area contributed by atoms with Crippen molar-refractivity contribution in [1.29, 1.82) is 0 Å². The monoisotopic (exact) mass is 238 g/mol. The summed E-state index contributed by atoms with van der Waals surface area (Å²) in [6.07, 6.45) is 2.05. The lowest BCUT2D eigenvalue weighted by Crippen LogP contribution is -1.94. The molecule has 0 spiro atoms. The number of hydrogen-bond acceptors (Lipinski definition) is 3. The van der Waals surface area contributed by atoms with E-state index in [1.54, 1.807) is 35.2 Å². The molecule has 78 valence electrons. The first-order chi connectivity index (χ1) is 7.22. The molecule has 0 aliphatic rings. The minimum absolute atomic E-state index is 0.364. The summed E-state index contributed by atoms with van der Waals surface area (Å²) in [4.78, 5) is 10.8. The van der Waals surface area contributed by atoms with Gasteiger partial charge in [-0.25, -0.2) is 4.79 Å². The van der Waals surface area contributed by atoms with E-state index in [1.807, 2.05) is 12.3 Å². The van der Waals surface area contributed by atoms with Gasteiger partial charge in [0.2, 0.25) is 0 Å². The lowest BCUT2D eigenvalue weighted by molar-refractivity contribution is 0.0697. The molecular weight excluding hydrogens is 228 g/mol. The summed E-state index contributed by atoms with van der Waals surface area (Å²) in [7, 11) is 0. The van der Waals surface area contributed by atoms with Crippen LogP contribution in [0.15, 0.2) is 23.6 Å². The standard InChI is InChI=1S/C11H10O2S2/c1-14-5-8-6-15-10-3-2-7(11(12)13)4-9(8)10/h2-4,6H,5H2,1H3,(H,12,13). The first-order valence-corrected chi connectivity index (χ1v) is 6.72. The van der Waals surface area contributed by atoms with Gasteiger partial charge in [-0.05, 0) is 40.8 Å². The molecule has 1 aromatic heterocycles. The van der Waals surface area contributed by atoms with Crippen molar-refractivity contribution in [2.24, 2.45) is 0 Å². The zero-order valence-electron chi connectivity index (χ0n) is 8.19. The van der Waals surface area contributed by atoms with Gasteiger partial charge < -0.3 is 5.11 Å². The molecule has 1 aromatic carbocycles. The van der Waals surface area contributed by atoms with E-state index < -0.39 is 5.97 Å². The Bertz CT molecular complexity index is 502. The third-order valence-corrected chi connectivity index (χ3v) is 3.81. The van der Waals surface area contributed by atoms with Crippen LogP contribution in [-0.2, 0) is 5.75 Å². The highest BCUT2D eigenvalue weighted by Gasteiger charge is 2.07. The van der Waals surface area contributed by atoms with Crippen LogP contribution in [0.25, 0.3) is 10.1 Å². The van der Waals surface area contributed by atoms with E-state index in [1.165, 1.54) is 5.56 Å². The van der Waals surface area contributed by atoms with Crippen molar-refractivity contribution in [3.63, 3.8) is 0 Å². The second-order valence-corrected chi connectivity index (χ2v) is 4.99. The number of aromatic carboxylic acids is 1. The molecule has 0 aliphatic carbocycles. The predicted molar refractivity (Wildman–Crippen MR) is 66.0 cm³/mol. The third kappa shape index (κ3) is 2.01. The Balaban J connectivity index is 2.56. The molecule has 0 unspecified atom stereocenters. The number of carboxylic acids is 1. The summed E-state index contributed by atoms with van der Waals surface area (Å²) >= 11 is 3.42. The summed E-state index contributed by atoms with van der Waals surface area (Å²) in [6.45, 7) is 0. The van der Waals surface area contributed by atoms with Crippen LogP contribution in [0.2, 0.25) is 0 Å². The van der Waals surface area contributed by atoms with Crippen LogP contribution in [-0.4, -0.2) is 17.3 Å². The van der Waals surface area contributed by atoms with E-state index in [2.05, 4.69) is 5.38 Å². The average molecular weight is 238 g/mol. The van der Waals surface area contributed by atoms with Crippen LogP contribution in [0, 0.1) is 0 Å². The SMILES string of the molecule is CSCc1csc2ccc(C(=O)O)cc12. The van der Waals surface area contributed by atoms with Gasteiger partial charge in [0.1, 0.15) is 0 Å². The van der Waals surface area contributed by atoms with Crippen LogP contribution >= 0.6 is 23.1 Å². The summed E-state index contributed by atoms with van der Waals surface area (Å²) < 4.78 is 1.16. The van der Waals surface area contributed by atoms with Gasteiger partial charge in [-0.15, -0.1) is 11.3 Å². The smallest absolute Gasteiger partial charge is 0.335 e. The van der Waals surface area contributed by atoms with Crippen LogP contribution < -0.4 is 0 Å². The van der Waals surface area contributed by atoms with Crippen molar-refractivity contribution in [1.82, 2.24) is 0 Å². The second kappa shape index (κ2) is 4.24. The van der Waals surface area contributed by atoms with Gasteiger partial charge in [-0.3, -0.25) is 0 Å². The average Bonchev–Trinajstić information content (AvgIpc) is 2.61. The van der Waals surface area contributed by atoms with E-state index in [4.69, 9.17) is 5.11 Å². The summed E-state index contributed by atoms with van der Waals surface area (Å²) in [6, 6.07) is 5.30. The molecule has 0 amide bonds. The molecule has 0 atom stereocenters. The fourth-order valence-electron chi connectivity index (χ4n) is 1.48. The Morgan fingerprint density at radius 2 is 2.33 bits per heavy atom. The molecule has 0 radical (unpaired) electrons. The number of carboxylic acid groups (broad SMARTS) is 1. The van der Waals surface area contributed by atoms with Gasteiger partial charge in [0.25, 0.3) is 0 Å². The van der Waals surface area contributed by atoms with Crippen molar-refractivity contribution < 1.29 is 9.90 Å². The maximum atomic E-state index is 10.8. The molecule has 0 fully saturated rings. The Labute approximate surface area is 95.9 Å². The van der Waals surface area contributed by atoms with E-state index in [0.29, 0.717) is 5.56 Å². The number of hydrogen-bond donors (Lipinski definition) is 1. The molecule has 2 rings (SSSR count). The second-order valence-electron chi connectivity index (χ2n) is 3.21. The molecule has 0 aliphatic heterocycles. The Morgan fingerprint density at radius 1 is 1.53 bits per heavy atom. The molecule has 0 bridgehead atoms. The van der Waals surface area contributed by atoms with Crippen LogP contribution in [0.1, 0.15) is 15.9 Å². The topological polar surface area (TPSA) is 37.3 Å². The fraction of sp³-hybridized carbons (Fsp3) is 0.182. The number of thiophene rings is 1. The van der Waals surface area contributed by atoms with Crippen LogP contribution in [0.3, 0.4) is 0 Å². The fourth-order valence-corrected chi connectivity index (χ4v) is 3.08.